The third-order valence-electron chi connectivity index (χ3n) is 1.74. The van der Waals surface area contributed by atoms with Gasteiger partial charge in [0.2, 0.25) is 0 Å². The van der Waals surface area contributed by atoms with Crippen LogP contribution >= 0.6 is 11.6 Å². The Kier molecular flexibility index (Phi) is 3.25. The fourth-order valence-corrected chi connectivity index (χ4v) is 1.16. The van der Waals surface area contributed by atoms with Crippen molar-refractivity contribution in [1.29, 1.82) is 0 Å². The molecule has 2 N–H and O–H groups in total. The first-order valence-corrected chi connectivity index (χ1v) is 4.21. The molecule has 2 atom stereocenters. The van der Waals surface area contributed by atoms with Crippen molar-refractivity contribution >= 4 is 11.6 Å². The number of hydrogen-bond donors (Lipinski definition) is 2. The molecule has 0 saturated heterocycles. The highest BCUT2D eigenvalue weighted by Crippen LogP contribution is 2.22. The van der Waals surface area contributed by atoms with Crippen LogP contribution in [-0.2, 0) is 0 Å². The normalized spacial score (nSPS) is 15.5. The van der Waals surface area contributed by atoms with Crippen LogP contribution in [0.3, 0.4) is 0 Å². The van der Waals surface area contributed by atoms with Crippen LogP contribution in [0, 0.1) is 5.82 Å². The van der Waals surface area contributed by atoms with E-state index in [4.69, 9.17) is 16.7 Å². The largest absolute Gasteiger partial charge is 0.390 e. The number of aliphatic hydroxyl groups excluding tert-OH is 2. The van der Waals surface area contributed by atoms with Gasteiger partial charge in [-0.2, -0.15) is 0 Å². The monoisotopic (exact) mass is 204 g/mol. The molecular formula is C9H10ClFO2. The van der Waals surface area contributed by atoms with Crippen LogP contribution in [0.4, 0.5) is 4.39 Å². The predicted octanol–water partition coefficient (Wildman–Crippen LogP) is 1.89. The molecule has 0 aliphatic carbocycles. The van der Waals surface area contributed by atoms with Crippen molar-refractivity contribution in [1.82, 2.24) is 0 Å². The molecule has 2 nitrogen and oxygen atoms in total. The standard InChI is InChI=1S/C9H10ClFO2/c1-5(12)9(13)7-3-2-6(10)4-8(7)11/h2-5,9,12-13H,1H3. The molecule has 0 aliphatic heterocycles. The zero-order valence-electron chi connectivity index (χ0n) is 7.04. The smallest absolute Gasteiger partial charge is 0.130 e. The summed E-state index contributed by atoms with van der Waals surface area (Å²) >= 11 is 5.52. The van der Waals surface area contributed by atoms with Crippen LogP contribution in [0.2, 0.25) is 5.02 Å². The average Bonchev–Trinajstić information content (AvgIpc) is 2.03. The van der Waals surface area contributed by atoms with E-state index in [0.717, 1.165) is 6.07 Å². The average molecular weight is 205 g/mol. The Morgan fingerprint density at radius 2 is 2.00 bits per heavy atom. The van der Waals surface area contributed by atoms with Crippen molar-refractivity contribution < 1.29 is 14.6 Å². The molecule has 0 fully saturated rings. The van der Waals surface area contributed by atoms with E-state index < -0.39 is 18.0 Å². The van der Waals surface area contributed by atoms with Crippen LogP contribution in [0.5, 0.6) is 0 Å². The maximum absolute atomic E-state index is 13.1. The molecule has 0 saturated carbocycles. The van der Waals surface area contributed by atoms with Crippen molar-refractivity contribution in [3.63, 3.8) is 0 Å². The molecule has 0 amide bonds. The highest BCUT2D eigenvalue weighted by Gasteiger charge is 2.17. The maximum atomic E-state index is 13.1. The Morgan fingerprint density at radius 1 is 1.38 bits per heavy atom. The van der Waals surface area contributed by atoms with E-state index in [1.165, 1.54) is 19.1 Å². The summed E-state index contributed by atoms with van der Waals surface area (Å²) in [5.74, 6) is -0.610. The predicted molar refractivity (Wildman–Crippen MR) is 48.1 cm³/mol. The van der Waals surface area contributed by atoms with Gasteiger partial charge in [0.1, 0.15) is 11.9 Å². The molecule has 0 bridgehead atoms. The number of rotatable bonds is 2. The van der Waals surface area contributed by atoms with Crippen molar-refractivity contribution in [3.8, 4) is 0 Å². The van der Waals surface area contributed by atoms with Crippen molar-refractivity contribution in [2.45, 2.75) is 19.1 Å². The topological polar surface area (TPSA) is 40.5 Å². The number of aliphatic hydroxyl groups is 2. The van der Waals surface area contributed by atoms with E-state index in [2.05, 4.69) is 0 Å². The fraction of sp³-hybridized carbons (Fsp3) is 0.333. The molecule has 1 aromatic rings. The second-order valence-corrected chi connectivity index (χ2v) is 3.29. The summed E-state index contributed by atoms with van der Waals surface area (Å²) in [6.07, 6.45) is -2.21. The van der Waals surface area contributed by atoms with E-state index in [1.54, 1.807) is 0 Å². The third kappa shape index (κ3) is 2.40. The Bertz CT molecular complexity index is 302. The highest BCUT2D eigenvalue weighted by molar-refractivity contribution is 6.30. The van der Waals surface area contributed by atoms with Gasteiger partial charge in [-0.1, -0.05) is 17.7 Å². The molecule has 0 spiro atoms. The van der Waals surface area contributed by atoms with Gasteiger partial charge in [-0.3, -0.25) is 0 Å². The Hall–Kier alpha value is -0.640. The van der Waals surface area contributed by atoms with Gasteiger partial charge in [-0.05, 0) is 19.1 Å². The second-order valence-electron chi connectivity index (χ2n) is 2.85. The van der Waals surface area contributed by atoms with Crippen molar-refractivity contribution in [2.24, 2.45) is 0 Å². The summed E-state index contributed by atoms with van der Waals surface area (Å²) in [6.45, 7) is 1.39. The number of halogens is 2. The first kappa shape index (κ1) is 10.4. The molecule has 4 heteroatoms. The quantitative estimate of drug-likeness (QED) is 0.773. The Morgan fingerprint density at radius 3 is 2.46 bits per heavy atom. The van der Waals surface area contributed by atoms with Crippen LogP contribution in [-0.4, -0.2) is 16.3 Å². The first-order valence-electron chi connectivity index (χ1n) is 3.83. The summed E-state index contributed by atoms with van der Waals surface area (Å²) in [5, 5.41) is 18.6. The molecule has 13 heavy (non-hydrogen) atoms. The van der Waals surface area contributed by atoms with Gasteiger partial charge in [0.25, 0.3) is 0 Å². The van der Waals surface area contributed by atoms with Gasteiger partial charge in [0.05, 0.1) is 6.10 Å². The van der Waals surface area contributed by atoms with E-state index in [9.17, 15) is 9.50 Å². The Labute approximate surface area is 80.6 Å². The van der Waals surface area contributed by atoms with Gasteiger partial charge < -0.3 is 10.2 Å². The van der Waals surface area contributed by atoms with Gasteiger partial charge in [0, 0.05) is 10.6 Å². The lowest BCUT2D eigenvalue weighted by molar-refractivity contribution is 0.0283. The zero-order valence-corrected chi connectivity index (χ0v) is 7.79. The zero-order chi connectivity index (χ0) is 10.0. The minimum Gasteiger partial charge on any atom is -0.390 e. The molecule has 72 valence electrons. The summed E-state index contributed by atoms with van der Waals surface area (Å²) in [6, 6.07) is 3.92. The van der Waals surface area contributed by atoms with E-state index in [1.807, 2.05) is 0 Å². The number of hydrogen-bond acceptors (Lipinski definition) is 2. The highest BCUT2D eigenvalue weighted by atomic mass is 35.5. The lowest BCUT2D eigenvalue weighted by Gasteiger charge is -2.14. The van der Waals surface area contributed by atoms with Crippen LogP contribution < -0.4 is 0 Å². The number of benzene rings is 1. The maximum Gasteiger partial charge on any atom is 0.130 e. The summed E-state index contributed by atoms with van der Waals surface area (Å²) in [5.41, 5.74) is 0.0550. The molecule has 1 rings (SSSR count). The summed E-state index contributed by atoms with van der Waals surface area (Å²) < 4.78 is 13.1. The minimum absolute atomic E-state index is 0.0550. The van der Waals surface area contributed by atoms with E-state index >= 15 is 0 Å². The minimum atomic E-state index is -1.21. The van der Waals surface area contributed by atoms with Crippen LogP contribution in [0.15, 0.2) is 18.2 Å². The molecule has 0 radical (unpaired) electrons. The molecule has 1 aromatic carbocycles. The van der Waals surface area contributed by atoms with Crippen molar-refractivity contribution in [2.75, 3.05) is 0 Å². The third-order valence-corrected chi connectivity index (χ3v) is 1.97. The van der Waals surface area contributed by atoms with Gasteiger partial charge >= 0.3 is 0 Å². The lowest BCUT2D eigenvalue weighted by atomic mass is 10.1. The Balaban J connectivity index is 3.01. The lowest BCUT2D eigenvalue weighted by Crippen LogP contribution is -2.15. The van der Waals surface area contributed by atoms with Crippen molar-refractivity contribution in [3.05, 3.63) is 34.6 Å². The van der Waals surface area contributed by atoms with E-state index in [-0.39, 0.29) is 10.6 Å². The van der Waals surface area contributed by atoms with Crippen LogP contribution in [0.1, 0.15) is 18.6 Å². The molecule has 2 unspecified atom stereocenters. The summed E-state index contributed by atoms with van der Waals surface area (Å²) in [7, 11) is 0. The molecule has 0 aromatic heterocycles. The SMILES string of the molecule is CC(O)C(O)c1ccc(Cl)cc1F. The van der Waals surface area contributed by atoms with Crippen LogP contribution in [0.25, 0.3) is 0 Å². The fourth-order valence-electron chi connectivity index (χ4n) is 1.00. The van der Waals surface area contributed by atoms with Gasteiger partial charge in [-0.25, -0.2) is 4.39 Å². The van der Waals surface area contributed by atoms with E-state index in [0.29, 0.717) is 0 Å². The molecular weight excluding hydrogens is 195 g/mol. The van der Waals surface area contributed by atoms with Gasteiger partial charge in [0.15, 0.2) is 0 Å². The molecule has 0 aliphatic rings. The van der Waals surface area contributed by atoms with Gasteiger partial charge in [-0.15, -0.1) is 0 Å². The summed E-state index contributed by atoms with van der Waals surface area (Å²) in [4.78, 5) is 0. The second kappa shape index (κ2) is 4.05. The molecule has 0 heterocycles. The first-order chi connectivity index (χ1) is 6.02.